The van der Waals surface area contributed by atoms with Crippen LogP contribution in [-0.4, -0.2) is 21.6 Å². The normalized spacial score (nSPS) is 15.3. The van der Waals surface area contributed by atoms with Gasteiger partial charge < -0.3 is 15.0 Å². The molecule has 2 aromatic carbocycles. The van der Waals surface area contributed by atoms with Gasteiger partial charge in [0.1, 0.15) is 12.0 Å². The van der Waals surface area contributed by atoms with Crippen molar-refractivity contribution in [2.45, 2.75) is 12.6 Å². The maximum absolute atomic E-state index is 6.03. The van der Waals surface area contributed by atoms with Crippen LogP contribution in [-0.2, 0) is 11.3 Å². The number of aromatic nitrogens is 3. The van der Waals surface area contributed by atoms with Gasteiger partial charge in [-0.25, -0.2) is 9.97 Å². The topological polar surface area (TPSA) is 62.8 Å². The number of fused-ring (bicyclic) bond motifs is 2. The van der Waals surface area contributed by atoms with Crippen LogP contribution in [0.2, 0.25) is 0 Å². The molecule has 3 heterocycles. The Hall–Kier alpha value is -3.18. The highest BCUT2D eigenvalue weighted by Gasteiger charge is 2.25. The van der Waals surface area contributed by atoms with Gasteiger partial charge in [0.15, 0.2) is 0 Å². The van der Waals surface area contributed by atoms with Gasteiger partial charge in [-0.15, -0.1) is 0 Å². The van der Waals surface area contributed by atoms with E-state index in [4.69, 9.17) is 4.74 Å². The molecule has 0 aliphatic carbocycles. The summed E-state index contributed by atoms with van der Waals surface area (Å²) in [6.07, 6.45) is 3.62. The number of para-hydroxylation sites is 1. The number of hydrogen-bond donors (Lipinski definition) is 2. The molecule has 5 rings (SSSR count). The predicted molar refractivity (Wildman–Crippen MR) is 102 cm³/mol. The lowest BCUT2D eigenvalue weighted by Gasteiger charge is -2.19. The van der Waals surface area contributed by atoms with E-state index in [0.717, 1.165) is 33.5 Å². The monoisotopic (exact) mass is 342 g/mol. The molecule has 2 aromatic heterocycles. The number of aromatic amines is 1. The van der Waals surface area contributed by atoms with Crippen molar-refractivity contribution >= 4 is 16.7 Å². The number of benzene rings is 2. The molecule has 5 heteroatoms. The molecular weight excluding hydrogens is 324 g/mol. The Morgan fingerprint density at radius 2 is 1.81 bits per heavy atom. The number of hydrogen-bond acceptors (Lipinski definition) is 4. The fraction of sp³-hybridized carbons (Fsp3) is 0.143. The molecule has 5 nitrogen and oxygen atoms in total. The maximum Gasteiger partial charge on any atom is 0.141 e. The van der Waals surface area contributed by atoms with Gasteiger partial charge in [0.2, 0.25) is 0 Å². The van der Waals surface area contributed by atoms with Crippen LogP contribution in [0.25, 0.3) is 22.3 Å². The lowest BCUT2D eigenvalue weighted by atomic mass is 10.1. The van der Waals surface area contributed by atoms with Crippen LogP contribution in [0.15, 0.2) is 67.1 Å². The molecule has 0 spiro atoms. The largest absolute Gasteiger partial charge is 0.375 e. The van der Waals surface area contributed by atoms with Gasteiger partial charge in [-0.3, -0.25) is 0 Å². The van der Waals surface area contributed by atoms with Crippen LogP contribution in [0.4, 0.5) is 5.69 Å². The van der Waals surface area contributed by atoms with Crippen molar-refractivity contribution in [2.24, 2.45) is 0 Å². The molecule has 26 heavy (non-hydrogen) atoms. The van der Waals surface area contributed by atoms with Crippen LogP contribution in [0.5, 0.6) is 0 Å². The van der Waals surface area contributed by atoms with E-state index in [1.165, 1.54) is 5.56 Å². The average molecular weight is 342 g/mol. The van der Waals surface area contributed by atoms with Crippen LogP contribution in [0.1, 0.15) is 17.2 Å². The fourth-order valence-corrected chi connectivity index (χ4v) is 3.55. The van der Waals surface area contributed by atoms with Crippen molar-refractivity contribution in [3.05, 3.63) is 78.2 Å². The first-order chi connectivity index (χ1) is 12.9. The number of ether oxygens (including phenoxy) is 1. The summed E-state index contributed by atoms with van der Waals surface area (Å²) in [6, 6.07) is 18.5. The molecule has 0 amide bonds. The fourth-order valence-electron chi connectivity index (χ4n) is 3.55. The molecule has 128 valence electrons. The van der Waals surface area contributed by atoms with Crippen molar-refractivity contribution < 1.29 is 4.74 Å². The minimum absolute atomic E-state index is 0.0286. The highest BCUT2D eigenvalue weighted by Crippen LogP contribution is 2.40. The number of nitrogens with one attached hydrogen (secondary N) is 2. The van der Waals surface area contributed by atoms with E-state index in [-0.39, 0.29) is 6.04 Å². The van der Waals surface area contributed by atoms with E-state index >= 15 is 0 Å². The van der Waals surface area contributed by atoms with Gasteiger partial charge in [-0.1, -0.05) is 48.5 Å². The van der Waals surface area contributed by atoms with Gasteiger partial charge in [-0.05, 0) is 11.6 Å². The van der Waals surface area contributed by atoms with Crippen LogP contribution in [0.3, 0.4) is 0 Å². The van der Waals surface area contributed by atoms with E-state index in [2.05, 4.69) is 44.5 Å². The molecular formula is C21H18N4O. The highest BCUT2D eigenvalue weighted by atomic mass is 16.5. The van der Waals surface area contributed by atoms with Crippen molar-refractivity contribution in [2.75, 3.05) is 11.9 Å². The van der Waals surface area contributed by atoms with Crippen molar-refractivity contribution in [1.82, 2.24) is 15.0 Å². The van der Waals surface area contributed by atoms with Crippen LogP contribution < -0.4 is 5.32 Å². The van der Waals surface area contributed by atoms with Gasteiger partial charge in [0.05, 0.1) is 30.3 Å². The Bertz CT molecular complexity index is 1060. The lowest BCUT2D eigenvalue weighted by molar-refractivity contribution is 0.112. The van der Waals surface area contributed by atoms with Gasteiger partial charge in [0.25, 0.3) is 0 Å². The second-order valence-corrected chi connectivity index (χ2v) is 6.43. The van der Waals surface area contributed by atoms with E-state index in [0.29, 0.717) is 13.2 Å². The first-order valence-corrected chi connectivity index (χ1v) is 8.70. The summed E-state index contributed by atoms with van der Waals surface area (Å²) in [5, 5.41) is 4.69. The summed E-state index contributed by atoms with van der Waals surface area (Å²) < 4.78 is 6.03. The molecule has 0 fully saturated rings. The zero-order valence-corrected chi connectivity index (χ0v) is 14.1. The summed E-state index contributed by atoms with van der Waals surface area (Å²) in [6.45, 7) is 1.15. The third-order valence-electron chi connectivity index (χ3n) is 4.78. The van der Waals surface area contributed by atoms with E-state index in [1.54, 1.807) is 6.33 Å². The lowest BCUT2D eigenvalue weighted by Crippen LogP contribution is -2.16. The molecule has 0 radical (unpaired) electrons. The first-order valence-electron chi connectivity index (χ1n) is 8.70. The molecule has 1 aliphatic rings. The second kappa shape index (κ2) is 6.28. The number of rotatable bonds is 4. The summed E-state index contributed by atoms with van der Waals surface area (Å²) >= 11 is 0. The van der Waals surface area contributed by atoms with Crippen molar-refractivity contribution in [3.63, 3.8) is 0 Å². The minimum atomic E-state index is 0.0286. The Kier molecular flexibility index (Phi) is 3.65. The third kappa shape index (κ3) is 2.53. The molecule has 1 unspecified atom stereocenters. The minimum Gasteiger partial charge on any atom is -0.375 e. The maximum atomic E-state index is 6.03. The van der Waals surface area contributed by atoms with Crippen LogP contribution in [0, 0.1) is 0 Å². The van der Waals surface area contributed by atoms with Crippen LogP contribution >= 0.6 is 0 Å². The molecule has 0 saturated heterocycles. The van der Waals surface area contributed by atoms with E-state index in [9.17, 15) is 0 Å². The molecule has 2 N–H and O–H groups in total. The molecule has 0 bridgehead atoms. The summed E-state index contributed by atoms with van der Waals surface area (Å²) in [4.78, 5) is 12.2. The summed E-state index contributed by atoms with van der Waals surface area (Å²) in [5.41, 5.74) is 6.28. The van der Waals surface area contributed by atoms with E-state index in [1.807, 2.05) is 36.5 Å². The Labute approximate surface area is 151 Å². The number of H-pyrrole nitrogens is 1. The molecule has 4 aromatic rings. The summed E-state index contributed by atoms with van der Waals surface area (Å²) in [5.74, 6) is 0. The molecule has 1 atom stereocenters. The Morgan fingerprint density at radius 1 is 0.962 bits per heavy atom. The Balaban J connectivity index is 1.51. The summed E-state index contributed by atoms with van der Waals surface area (Å²) in [7, 11) is 0. The standard InChI is InChI=1S/C21H18N4O/c1-2-6-14(7-3-1)11-26-12-18-16-10-22-21-19(16)20(23-13-24-21)15-8-4-5-9-17(15)25-18/h1-10,13,18,25H,11-12H2,(H,22,23,24). The van der Waals surface area contributed by atoms with Gasteiger partial charge in [-0.2, -0.15) is 0 Å². The Morgan fingerprint density at radius 3 is 2.73 bits per heavy atom. The zero-order chi connectivity index (χ0) is 17.3. The smallest absolute Gasteiger partial charge is 0.141 e. The number of anilines is 1. The zero-order valence-electron chi connectivity index (χ0n) is 14.1. The van der Waals surface area contributed by atoms with Gasteiger partial charge in [0, 0.05) is 23.0 Å². The van der Waals surface area contributed by atoms with Gasteiger partial charge >= 0.3 is 0 Å². The van der Waals surface area contributed by atoms with Crippen molar-refractivity contribution in [1.29, 1.82) is 0 Å². The number of nitrogens with zero attached hydrogens (tertiary/aromatic N) is 2. The molecule has 0 saturated carbocycles. The third-order valence-corrected chi connectivity index (χ3v) is 4.78. The van der Waals surface area contributed by atoms with E-state index < -0.39 is 0 Å². The molecule has 1 aliphatic heterocycles. The quantitative estimate of drug-likeness (QED) is 0.580. The average Bonchev–Trinajstić information content (AvgIpc) is 3.07. The SMILES string of the molecule is c1ccc(COCC2Nc3ccccc3-c3ncnc4[nH]cc2c34)cc1. The second-order valence-electron chi connectivity index (χ2n) is 6.43. The highest BCUT2D eigenvalue weighted by molar-refractivity contribution is 5.98. The first kappa shape index (κ1) is 15.1. The predicted octanol–water partition coefficient (Wildman–Crippen LogP) is 4.31. The van der Waals surface area contributed by atoms with Crippen molar-refractivity contribution in [3.8, 4) is 11.3 Å².